The molecule has 0 saturated carbocycles. The van der Waals surface area contributed by atoms with E-state index in [0.717, 1.165) is 0 Å². The molecule has 0 radical (unpaired) electrons. The second kappa shape index (κ2) is 4.65. The Bertz CT molecular complexity index is 431. The van der Waals surface area contributed by atoms with Crippen LogP contribution in [0.4, 0.5) is 5.69 Å². The Hall–Kier alpha value is -1.76. The van der Waals surface area contributed by atoms with Gasteiger partial charge in [-0.15, -0.1) is 0 Å². The van der Waals surface area contributed by atoms with E-state index in [1.165, 1.54) is 24.3 Å². The molecular formula is C8H7NO5S. The molecule has 0 aliphatic heterocycles. The molecule has 80 valence electrons. The zero-order chi connectivity index (χ0) is 11.4. The molecule has 0 aromatic heterocycles. The first kappa shape index (κ1) is 11.3. The fourth-order valence-electron chi connectivity index (χ4n) is 0.990. The smallest absolute Gasteiger partial charge is 0.316 e. The van der Waals surface area contributed by atoms with Crippen molar-refractivity contribution in [3.63, 3.8) is 0 Å². The lowest BCUT2D eigenvalue weighted by atomic mass is 10.3. The van der Waals surface area contributed by atoms with Gasteiger partial charge in [-0.05, 0) is 6.07 Å². The van der Waals surface area contributed by atoms with Crippen molar-refractivity contribution in [2.24, 2.45) is 0 Å². The fraction of sp³-hybridized carbons (Fsp3) is 0.125. The minimum Gasteiger partial charge on any atom is -0.481 e. The number of hydrogen-bond acceptors (Lipinski definition) is 4. The Morgan fingerprint density at radius 3 is 2.60 bits per heavy atom. The van der Waals surface area contributed by atoms with Crippen LogP contribution in [0.25, 0.3) is 0 Å². The molecule has 0 aliphatic rings. The molecule has 1 aromatic carbocycles. The molecule has 6 nitrogen and oxygen atoms in total. The highest BCUT2D eigenvalue weighted by Gasteiger charge is 2.19. The lowest BCUT2D eigenvalue weighted by molar-refractivity contribution is -0.387. The summed E-state index contributed by atoms with van der Waals surface area (Å²) in [5.74, 6) is -1.89. The summed E-state index contributed by atoms with van der Waals surface area (Å²) < 4.78 is 11.4. The van der Waals surface area contributed by atoms with Crippen LogP contribution < -0.4 is 0 Å². The Morgan fingerprint density at radius 2 is 2.07 bits per heavy atom. The molecule has 0 unspecified atom stereocenters. The van der Waals surface area contributed by atoms with Gasteiger partial charge in [0.05, 0.1) is 15.7 Å². The van der Waals surface area contributed by atoms with Gasteiger partial charge < -0.3 is 5.11 Å². The summed E-state index contributed by atoms with van der Waals surface area (Å²) in [5, 5.41) is 18.9. The lowest BCUT2D eigenvalue weighted by Crippen LogP contribution is -2.10. The summed E-state index contributed by atoms with van der Waals surface area (Å²) in [6.07, 6.45) is 0. The van der Waals surface area contributed by atoms with Crippen LogP contribution in [0.2, 0.25) is 0 Å². The Morgan fingerprint density at radius 1 is 1.47 bits per heavy atom. The van der Waals surface area contributed by atoms with Gasteiger partial charge in [-0.25, -0.2) is 0 Å². The number of para-hydroxylation sites is 1. The predicted molar refractivity (Wildman–Crippen MR) is 52.0 cm³/mol. The van der Waals surface area contributed by atoms with E-state index in [4.69, 9.17) is 5.11 Å². The molecule has 0 saturated heterocycles. The van der Waals surface area contributed by atoms with Crippen molar-refractivity contribution in [1.29, 1.82) is 0 Å². The van der Waals surface area contributed by atoms with Crippen LogP contribution in [0.5, 0.6) is 0 Å². The SMILES string of the molecule is O=C(O)C[S@](=O)c1ccccc1[N+](=O)[O-]. The van der Waals surface area contributed by atoms with Crippen molar-refractivity contribution >= 4 is 22.5 Å². The Kier molecular flexibility index (Phi) is 3.51. The van der Waals surface area contributed by atoms with Crippen LogP contribution in [0.1, 0.15) is 0 Å². The monoisotopic (exact) mass is 229 g/mol. The van der Waals surface area contributed by atoms with Crippen molar-refractivity contribution in [2.75, 3.05) is 5.75 Å². The first-order chi connectivity index (χ1) is 7.02. The Labute approximate surface area is 87.1 Å². The van der Waals surface area contributed by atoms with E-state index in [2.05, 4.69) is 0 Å². The topological polar surface area (TPSA) is 97.5 Å². The molecule has 1 rings (SSSR count). The van der Waals surface area contributed by atoms with Crippen molar-refractivity contribution in [2.45, 2.75) is 4.90 Å². The second-order valence-electron chi connectivity index (χ2n) is 2.61. The van der Waals surface area contributed by atoms with Crippen LogP contribution in [0.15, 0.2) is 29.2 Å². The molecule has 0 bridgehead atoms. The molecule has 0 fully saturated rings. The zero-order valence-electron chi connectivity index (χ0n) is 7.45. The average molecular weight is 229 g/mol. The van der Waals surface area contributed by atoms with Gasteiger partial charge in [0.25, 0.3) is 5.69 Å². The third-order valence-electron chi connectivity index (χ3n) is 1.56. The summed E-state index contributed by atoms with van der Waals surface area (Å²) in [7, 11) is -1.89. The number of hydrogen-bond donors (Lipinski definition) is 1. The molecule has 0 heterocycles. The number of aliphatic carboxylic acids is 1. The van der Waals surface area contributed by atoms with E-state index < -0.39 is 27.4 Å². The molecule has 7 heteroatoms. The summed E-state index contributed by atoms with van der Waals surface area (Å²) in [6, 6.07) is 5.38. The van der Waals surface area contributed by atoms with Gasteiger partial charge in [-0.1, -0.05) is 12.1 Å². The highest BCUT2D eigenvalue weighted by atomic mass is 32.2. The van der Waals surface area contributed by atoms with Gasteiger partial charge in [0.1, 0.15) is 10.6 Å². The van der Waals surface area contributed by atoms with Crippen LogP contribution in [0.3, 0.4) is 0 Å². The maximum atomic E-state index is 11.4. The number of carboxylic acid groups (broad SMARTS) is 1. The van der Waals surface area contributed by atoms with Crippen molar-refractivity contribution in [3.05, 3.63) is 34.4 Å². The summed E-state index contributed by atoms with van der Waals surface area (Å²) in [4.78, 5) is 20.1. The highest BCUT2D eigenvalue weighted by Crippen LogP contribution is 2.21. The highest BCUT2D eigenvalue weighted by molar-refractivity contribution is 7.85. The van der Waals surface area contributed by atoms with E-state index >= 15 is 0 Å². The van der Waals surface area contributed by atoms with Crippen LogP contribution in [-0.2, 0) is 15.6 Å². The van der Waals surface area contributed by atoms with Crippen molar-refractivity contribution < 1.29 is 19.0 Å². The minimum atomic E-state index is -1.89. The molecule has 0 amide bonds. The van der Waals surface area contributed by atoms with Crippen molar-refractivity contribution in [3.8, 4) is 0 Å². The largest absolute Gasteiger partial charge is 0.481 e. The number of carbonyl (C=O) groups is 1. The summed E-state index contributed by atoms with van der Waals surface area (Å²) in [6.45, 7) is 0. The van der Waals surface area contributed by atoms with Gasteiger partial charge in [-0.3, -0.25) is 19.1 Å². The molecule has 1 aromatic rings. The van der Waals surface area contributed by atoms with Gasteiger partial charge in [0.15, 0.2) is 0 Å². The lowest BCUT2D eigenvalue weighted by Gasteiger charge is -1.99. The third-order valence-corrected chi connectivity index (χ3v) is 2.91. The first-order valence-electron chi connectivity index (χ1n) is 3.86. The number of nitro groups is 1. The van der Waals surface area contributed by atoms with Crippen molar-refractivity contribution in [1.82, 2.24) is 0 Å². The van der Waals surface area contributed by atoms with E-state index in [1.807, 2.05) is 0 Å². The van der Waals surface area contributed by atoms with Crippen LogP contribution in [0, 0.1) is 10.1 Å². The average Bonchev–Trinajstić information content (AvgIpc) is 2.16. The van der Waals surface area contributed by atoms with Gasteiger partial charge in [0.2, 0.25) is 0 Å². The minimum absolute atomic E-state index is 0.0649. The maximum Gasteiger partial charge on any atom is 0.316 e. The zero-order valence-corrected chi connectivity index (χ0v) is 8.27. The van der Waals surface area contributed by atoms with Crippen LogP contribution >= 0.6 is 0 Å². The van der Waals surface area contributed by atoms with E-state index in [0.29, 0.717) is 0 Å². The number of carboxylic acids is 1. The molecule has 1 atom stereocenters. The normalized spacial score (nSPS) is 12.0. The summed E-state index contributed by atoms with van der Waals surface area (Å²) >= 11 is 0. The number of benzene rings is 1. The number of nitrogens with zero attached hydrogens (tertiary/aromatic N) is 1. The summed E-state index contributed by atoms with van der Waals surface area (Å²) in [5.41, 5.74) is -0.322. The first-order valence-corrected chi connectivity index (χ1v) is 5.18. The number of nitro benzene ring substituents is 1. The molecule has 0 aliphatic carbocycles. The molecule has 15 heavy (non-hydrogen) atoms. The van der Waals surface area contributed by atoms with E-state index in [9.17, 15) is 19.1 Å². The van der Waals surface area contributed by atoms with Gasteiger partial charge in [0, 0.05) is 6.07 Å². The molecular weight excluding hydrogens is 222 g/mol. The maximum absolute atomic E-state index is 11.4. The van der Waals surface area contributed by atoms with E-state index in [-0.39, 0.29) is 10.6 Å². The second-order valence-corrected chi connectivity index (χ2v) is 4.03. The third kappa shape index (κ3) is 2.84. The molecule has 0 spiro atoms. The Balaban J connectivity index is 3.08. The quantitative estimate of drug-likeness (QED) is 0.608. The predicted octanol–water partition coefficient (Wildman–Crippen LogP) is 0.787. The van der Waals surface area contributed by atoms with Gasteiger partial charge in [-0.2, -0.15) is 0 Å². The molecule has 1 N–H and O–H groups in total. The standard InChI is InChI=1S/C8H7NO5S/c10-8(11)5-15(14)7-4-2-1-3-6(7)9(12)13/h1-4H,5H2,(H,10,11)/t15-/m0/s1. The van der Waals surface area contributed by atoms with Crippen LogP contribution in [-0.4, -0.2) is 26.0 Å². The van der Waals surface area contributed by atoms with Gasteiger partial charge >= 0.3 is 5.97 Å². The number of rotatable bonds is 4. The van der Waals surface area contributed by atoms with E-state index in [1.54, 1.807) is 0 Å². The fourth-order valence-corrected chi connectivity index (χ4v) is 1.98.